The van der Waals surface area contributed by atoms with Crippen molar-refractivity contribution in [3.05, 3.63) is 0 Å². The van der Waals surface area contributed by atoms with E-state index in [2.05, 4.69) is 0 Å². The zero-order chi connectivity index (χ0) is 10.1. The average Bonchev–Trinajstić information content (AvgIpc) is 1.97. The largest absolute Gasteiger partial charge is 0.369 e. The van der Waals surface area contributed by atoms with Crippen LogP contribution in [0.5, 0.6) is 0 Å². The maximum atomic E-state index is 10.7. The first-order valence-electron chi connectivity index (χ1n) is 5.16. The quantitative estimate of drug-likeness (QED) is 0.638. The molecule has 0 saturated heterocycles. The van der Waals surface area contributed by atoms with Gasteiger partial charge in [-0.25, -0.2) is 0 Å². The van der Waals surface area contributed by atoms with E-state index in [1.165, 1.54) is 0 Å². The molecule has 76 valence electrons. The van der Waals surface area contributed by atoms with Gasteiger partial charge in [-0.05, 0) is 31.1 Å². The lowest BCUT2D eigenvalue weighted by atomic mass is 9.50. The third-order valence-electron chi connectivity index (χ3n) is 3.15. The molecule has 0 aromatic carbocycles. The second-order valence-corrected chi connectivity index (χ2v) is 4.18. The molecule has 4 N–H and O–H groups in total. The fourth-order valence-corrected chi connectivity index (χ4v) is 2.57. The number of nitrogens with two attached hydrogens (primary N) is 2. The number of hydrogen-bond donors (Lipinski definition) is 2. The van der Waals surface area contributed by atoms with E-state index in [0.29, 0.717) is 11.5 Å². The van der Waals surface area contributed by atoms with Crippen molar-refractivity contribution in [2.75, 3.05) is 0 Å². The van der Waals surface area contributed by atoms with Gasteiger partial charge < -0.3 is 11.5 Å². The highest BCUT2D eigenvalue weighted by Gasteiger charge is 2.53. The first-order chi connectivity index (χ1) is 6.11. The standard InChI is InChI=1S/C8H14N2O.C2H6/c9-6-3-8(4-6)1-5(2-8)7(10)11;1-2/h5-6H,1-4,9H2,(H2,10,11);1-2H3. The highest BCUT2D eigenvalue weighted by Crippen LogP contribution is 2.57. The molecule has 0 aromatic rings. The summed E-state index contributed by atoms with van der Waals surface area (Å²) in [4.78, 5) is 10.7. The summed E-state index contributed by atoms with van der Waals surface area (Å²) in [5.41, 5.74) is 11.3. The van der Waals surface area contributed by atoms with Crippen molar-refractivity contribution in [2.45, 2.75) is 45.6 Å². The summed E-state index contributed by atoms with van der Waals surface area (Å²) in [5.74, 6) is 0.0265. The molecule has 13 heavy (non-hydrogen) atoms. The van der Waals surface area contributed by atoms with Gasteiger partial charge in [0.05, 0.1) is 0 Å². The van der Waals surface area contributed by atoms with Gasteiger partial charge in [-0.2, -0.15) is 0 Å². The SMILES string of the molecule is CC.NC(=O)C1CC2(CC(N)C2)C1. The van der Waals surface area contributed by atoms with Gasteiger partial charge in [0, 0.05) is 12.0 Å². The van der Waals surface area contributed by atoms with Crippen LogP contribution >= 0.6 is 0 Å². The van der Waals surface area contributed by atoms with Crippen molar-refractivity contribution in [1.29, 1.82) is 0 Å². The van der Waals surface area contributed by atoms with Gasteiger partial charge in [-0.15, -0.1) is 0 Å². The fraction of sp³-hybridized carbons (Fsp3) is 0.900. The molecular weight excluding hydrogens is 164 g/mol. The molecule has 0 unspecified atom stereocenters. The molecule has 1 spiro atoms. The number of carbonyl (C=O) groups is 1. The van der Waals surface area contributed by atoms with Crippen molar-refractivity contribution < 1.29 is 4.79 Å². The fourth-order valence-electron chi connectivity index (χ4n) is 2.57. The molecule has 0 radical (unpaired) electrons. The Morgan fingerprint density at radius 1 is 1.23 bits per heavy atom. The highest BCUT2D eigenvalue weighted by molar-refractivity contribution is 5.77. The Morgan fingerprint density at radius 2 is 1.69 bits per heavy atom. The van der Waals surface area contributed by atoms with Crippen LogP contribution in [0.4, 0.5) is 0 Å². The Kier molecular flexibility index (Phi) is 2.96. The lowest BCUT2D eigenvalue weighted by Crippen LogP contribution is -2.55. The van der Waals surface area contributed by atoms with Crippen LogP contribution in [0.2, 0.25) is 0 Å². The van der Waals surface area contributed by atoms with Gasteiger partial charge >= 0.3 is 0 Å². The molecular formula is C10H20N2O. The summed E-state index contributed by atoms with van der Waals surface area (Å²) in [6, 6.07) is 0.392. The zero-order valence-electron chi connectivity index (χ0n) is 8.55. The van der Waals surface area contributed by atoms with Crippen molar-refractivity contribution >= 4 is 5.91 Å². The van der Waals surface area contributed by atoms with Crippen LogP contribution in [0.25, 0.3) is 0 Å². The molecule has 2 saturated carbocycles. The summed E-state index contributed by atoms with van der Waals surface area (Å²) in [6.45, 7) is 4.00. The summed E-state index contributed by atoms with van der Waals surface area (Å²) in [5, 5.41) is 0. The second-order valence-electron chi connectivity index (χ2n) is 4.18. The van der Waals surface area contributed by atoms with E-state index < -0.39 is 0 Å². The lowest BCUT2D eigenvalue weighted by Gasteiger charge is -2.56. The molecule has 3 heteroatoms. The molecule has 3 nitrogen and oxygen atoms in total. The predicted octanol–water partition coefficient (Wildman–Crippen LogP) is 1.02. The number of rotatable bonds is 1. The molecule has 2 aliphatic rings. The molecule has 0 atom stereocenters. The van der Waals surface area contributed by atoms with E-state index >= 15 is 0 Å². The molecule has 0 aromatic heterocycles. The maximum absolute atomic E-state index is 10.7. The van der Waals surface area contributed by atoms with Crippen LogP contribution in [0.15, 0.2) is 0 Å². The van der Waals surface area contributed by atoms with E-state index in [1.807, 2.05) is 13.8 Å². The minimum Gasteiger partial charge on any atom is -0.369 e. The molecule has 2 rings (SSSR count). The predicted molar refractivity (Wildman–Crippen MR) is 52.9 cm³/mol. The third kappa shape index (κ3) is 1.85. The highest BCUT2D eigenvalue weighted by atomic mass is 16.1. The Labute approximate surface area is 79.9 Å². The van der Waals surface area contributed by atoms with Crippen LogP contribution in [0.1, 0.15) is 39.5 Å². The summed E-state index contributed by atoms with van der Waals surface area (Å²) >= 11 is 0. The zero-order valence-corrected chi connectivity index (χ0v) is 8.55. The maximum Gasteiger partial charge on any atom is 0.220 e. The topological polar surface area (TPSA) is 69.1 Å². The van der Waals surface area contributed by atoms with Gasteiger partial charge in [-0.1, -0.05) is 13.8 Å². The van der Waals surface area contributed by atoms with E-state index in [1.54, 1.807) is 0 Å². The van der Waals surface area contributed by atoms with E-state index in [0.717, 1.165) is 25.7 Å². The molecule has 2 fully saturated rings. The molecule has 0 bridgehead atoms. The monoisotopic (exact) mass is 184 g/mol. The molecule has 1 amide bonds. The third-order valence-corrected chi connectivity index (χ3v) is 3.15. The van der Waals surface area contributed by atoms with E-state index in [9.17, 15) is 4.79 Å². The van der Waals surface area contributed by atoms with Gasteiger partial charge in [0.2, 0.25) is 5.91 Å². The first-order valence-corrected chi connectivity index (χ1v) is 5.16. The molecule has 0 aliphatic heterocycles. The van der Waals surface area contributed by atoms with Crippen molar-refractivity contribution in [3.8, 4) is 0 Å². The van der Waals surface area contributed by atoms with Gasteiger partial charge in [0.1, 0.15) is 0 Å². The minimum atomic E-state index is -0.129. The Bertz CT molecular complexity index is 189. The summed E-state index contributed by atoms with van der Waals surface area (Å²) in [7, 11) is 0. The molecule has 0 heterocycles. The number of amides is 1. The molecule has 2 aliphatic carbocycles. The Morgan fingerprint density at radius 3 is 2.00 bits per heavy atom. The van der Waals surface area contributed by atoms with Crippen molar-refractivity contribution in [2.24, 2.45) is 22.8 Å². The Balaban J connectivity index is 0.000000396. The van der Waals surface area contributed by atoms with Crippen molar-refractivity contribution in [3.63, 3.8) is 0 Å². The normalized spacial score (nSPS) is 41.2. The van der Waals surface area contributed by atoms with Crippen LogP contribution in [-0.4, -0.2) is 11.9 Å². The van der Waals surface area contributed by atoms with Crippen molar-refractivity contribution in [1.82, 2.24) is 0 Å². The second kappa shape index (κ2) is 3.66. The van der Waals surface area contributed by atoms with Crippen LogP contribution in [0.3, 0.4) is 0 Å². The summed E-state index contributed by atoms with van der Waals surface area (Å²) < 4.78 is 0. The summed E-state index contributed by atoms with van der Waals surface area (Å²) in [6.07, 6.45) is 4.21. The van der Waals surface area contributed by atoms with Crippen LogP contribution in [0, 0.1) is 11.3 Å². The van der Waals surface area contributed by atoms with Gasteiger partial charge in [0.15, 0.2) is 0 Å². The Hall–Kier alpha value is -0.570. The smallest absolute Gasteiger partial charge is 0.220 e. The van der Waals surface area contributed by atoms with Gasteiger partial charge in [0.25, 0.3) is 0 Å². The lowest BCUT2D eigenvalue weighted by molar-refractivity contribution is -0.134. The van der Waals surface area contributed by atoms with E-state index in [-0.39, 0.29) is 11.8 Å². The van der Waals surface area contributed by atoms with Gasteiger partial charge in [-0.3, -0.25) is 4.79 Å². The number of primary amides is 1. The average molecular weight is 184 g/mol. The minimum absolute atomic E-state index is 0.129. The number of carbonyl (C=O) groups excluding carboxylic acids is 1. The first kappa shape index (κ1) is 10.5. The van der Waals surface area contributed by atoms with Crippen LogP contribution in [-0.2, 0) is 4.79 Å². The van der Waals surface area contributed by atoms with Crippen LogP contribution < -0.4 is 11.5 Å². The number of hydrogen-bond acceptors (Lipinski definition) is 2. The van der Waals surface area contributed by atoms with E-state index in [4.69, 9.17) is 11.5 Å².